The molecule has 0 bridgehead atoms. The molecule has 1 spiro atoms. The number of benzene rings is 2. The number of ether oxygens (including phenoxy) is 2. The van der Waals surface area contributed by atoms with Gasteiger partial charge in [0.05, 0.1) is 68.7 Å². The Bertz CT molecular complexity index is 3350. The molecule has 0 radical (unpaired) electrons. The Balaban J connectivity index is 1.04. The van der Waals surface area contributed by atoms with E-state index in [1.807, 2.05) is 103 Å². The van der Waals surface area contributed by atoms with Crippen LogP contribution in [0.25, 0.3) is 51.6 Å². The molecule has 0 saturated carbocycles. The molecule has 9 nitrogen and oxygen atoms in total. The standard InChI is InChI=1S/C69H69N7O2/c1-5-6-7-8-9-10-11-12-13-14-15-16-17-28-45-77-66-50-53(37-35-51-46-61(57-30-20-24-41-70-57)74-62(47-51)58-31-21-25-42-71-58)67-55(39-40-69(78-67)68(2,3)56-29-18-19-34-65(56)76(69)4)54(66)38-36-52-48-63(59-32-22-26-43-72-59)75-64(49-52)60-33-23-27-44-73-60/h18-27,29-34,39-44,46-50H,5-17,28,45H2,1-4H3. The molecule has 0 amide bonds. The predicted octanol–water partition coefficient (Wildman–Crippen LogP) is 15.9. The first-order valence-electron chi connectivity index (χ1n) is 28.1. The molecule has 2 aliphatic heterocycles. The van der Waals surface area contributed by atoms with Crippen molar-refractivity contribution in [3.8, 4) is 80.7 Å². The molecular weight excluding hydrogens is 959 g/mol. The van der Waals surface area contributed by atoms with Gasteiger partial charge in [-0.1, -0.05) is 157 Å². The predicted molar refractivity (Wildman–Crippen MR) is 316 cm³/mol. The molecule has 78 heavy (non-hydrogen) atoms. The minimum Gasteiger partial charge on any atom is -0.492 e. The number of anilines is 1. The van der Waals surface area contributed by atoms with Gasteiger partial charge in [-0.25, -0.2) is 9.97 Å². The van der Waals surface area contributed by atoms with E-state index in [0.717, 1.165) is 63.6 Å². The van der Waals surface area contributed by atoms with Gasteiger partial charge in [-0.3, -0.25) is 19.9 Å². The maximum Gasteiger partial charge on any atom is 0.211 e. The van der Waals surface area contributed by atoms with Crippen molar-refractivity contribution in [1.82, 2.24) is 29.9 Å². The van der Waals surface area contributed by atoms with Gasteiger partial charge in [-0.05, 0) is 117 Å². The van der Waals surface area contributed by atoms with Gasteiger partial charge in [0, 0.05) is 60.3 Å². The quantitative estimate of drug-likeness (QED) is 0.0546. The Morgan fingerprint density at radius 3 is 1.41 bits per heavy atom. The highest BCUT2D eigenvalue weighted by Crippen LogP contribution is 2.55. The number of fused-ring (bicyclic) bond motifs is 2. The third-order valence-electron chi connectivity index (χ3n) is 15.1. The van der Waals surface area contributed by atoms with Crippen LogP contribution in [0.15, 0.2) is 158 Å². The van der Waals surface area contributed by atoms with Crippen LogP contribution in [0.4, 0.5) is 5.69 Å². The van der Waals surface area contributed by atoms with Crippen molar-refractivity contribution in [1.29, 1.82) is 0 Å². The van der Waals surface area contributed by atoms with Crippen molar-refractivity contribution in [3.63, 3.8) is 0 Å². The molecule has 6 aromatic heterocycles. The first-order chi connectivity index (χ1) is 38.3. The van der Waals surface area contributed by atoms with Crippen LogP contribution in [0.5, 0.6) is 11.5 Å². The van der Waals surface area contributed by atoms with Gasteiger partial charge in [0.25, 0.3) is 0 Å². The Hall–Kier alpha value is -8.40. The minimum absolute atomic E-state index is 0.465. The highest BCUT2D eigenvalue weighted by atomic mass is 16.5. The second-order valence-corrected chi connectivity index (χ2v) is 20.9. The van der Waals surface area contributed by atoms with E-state index in [-0.39, 0.29) is 0 Å². The highest BCUT2D eigenvalue weighted by Gasteiger charge is 2.58. The highest BCUT2D eigenvalue weighted by molar-refractivity contribution is 5.80. The normalized spacial score (nSPS) is 14.6. The van der Waals surface area contributed by atoms with Gasteiger partial charge in [0.15, 0.2) is 0 Å². The van der Waals surface area contributed by atoms with Crippen LogP contribution < -0.4 is 14.4 Å². The molecule has 0 fully saturated rings. The summed E-state index contributed by atoms with van der Waals surface area (Å²) in [6.45, 7) is 7.32. The van der Waals surface area contributed by atoms with Crippen LogP contribution in [0, 0.1) is 23.7 Å². The second-order valence-electron chi connectivity index (χ2n) is 20.9. The molecule has 10 rings (SSSR count). The molecule has 0 N–H and O–H groups in total. The number of likely N-dealkylation sites (N-methyl/N-ethyl adjacent to an activating group) is 1. The van der Waals surface area contributed by atoms with E-state index in [1.54, 1.807) is 24.8 Å². The molecule has 8 aromatic rings. The van der Waals surface area contributed by atoms with Gasteiger partial charge in [-0.15, -0.1) is 0 Å². The summed E-state index contributed by atoms with van der Waals surface area (Å²) in [6, 6.07) is 41.9. The van der Waals surface area contributed by atoms with Crippen LogP contribution in [0.2, 0.25) is 0 Å². The number of nitrogens with zero attached hydrogens (tertiary/aromatic N) is 7. The molecular formula is C69H69N7O2. The van der Waals surface area contributed by atoms with Crippen molar-refractivity contribution in [3.05, 3.63) is 192 Å². The van der Waals surface area contributed by atoms with Crippen molar-refractivity contribution in [2.24, 2.45) is 0 Å². The topological polar surface area (TPSA) is 99.0 Å². The molecule has 0 aliphatic carbocycles. The summed E-state index contributed by atoms with van der Waals surface area (Å²) >= 11 is 0. The molecule has 8 heterocycles. The molecule has 392 valence electrons. The lowest BCUT2D eigenvalue weighted by Gasteiger charge is -2.46. The summed E-state index contributed by atoms with van der Waals surface area (Å²) < 4.78 is 14.5. The number of aromatic nitrogens is 6. The smallest absolute Gasteiger partial charge is 0.211 e. The molecule has 9 heteroatoms. The Kier molecular flexibility index (Phi) is 17.1. The van der Waals surface area contributed by atoms with Crippen LogP contribution in [-0.2, 0) is 5.41 Å². The largest absolute Gasteiger partial charge is 0.492 e. The van der Waals surface area contributed by atoms with E-state index in [9.17, 15) is 0 Å². The van der Waals surface area contributed by atoms with Crippen LogP contribution in [0.3, 0.4) is 0 Å². The lowest BCUT2D eigenvalue weighted by Crippen LogP contribution is -2.58. The van der Waals surface area contributed by atoms with Gasteiger partial charge < -0.3 is 14.4 Å². The van der Waals surface area contributed by atoms with Crippen LogP contribution >= 0.6 is 0 Å². The number of para-hydroxylation sites is 1. The molecule has 1 atom stereocenters. The molecule has 2 aromatic carbocycles. The summed E-state index contributed by atoms with van der Waals surface area (Å²) in [5.41, 5.74) is 10.5. The van der Waals surface area contributed by atoms with Gasteiger partial charge >= 0.3 is 0 Å². The molecule has 1 unspecified atom stereocenters. The number of hydrogen-bond acceptors (Lipinski definition) is 9. The fourth-order valence-corrected chi connectivity index (χ4v) is 10.8. The lowest BCUT2D eigenvalue weighted by molar-refractivity contribution is 0.0577. The molecule has 0 saturated heterocycles. The molecule has 2 aliphatic rings. The number of pyridine rings is 6. The third-order valence-corrected chi connectivity index (χ3v) is 15.1. The van der Waals surface area contributed by atoms with E-state index in [2.05, 4.69) is 113 Å². The Morgan fingerprint density at radius 1 is 0.500 bits per heavy atom. The van der Waals surface area contributed by atoms with Crippen molar-refractivity contribution < 1.29 is 9.47 Å². The van der Waals surface area contributed by atoms with Crippen LogP contribution in [-0.4, -0.2) is 49.3 Å². The maximum atomic E-state index is 7.58. The monoisotopic (exact) mass is 1030 g/mol. The summed E-state index contributed by atoms with van der Waals surface area (Å²) in [5.74, 6) is 15.7. The van der Waals surface area contributed by atoms with Gasteiger partial charge in [0.2, 0.25) is 5.72 Å². The second kappa shape index (κ2) is 25.2. The zero-order chi connectivity index (χ0) is 53.6. The zero-order valence-electron chi connectivity index (χ0n) is 45.6. The van der Waals surface area contributed by atoms with Crippen molar-refractivity contribution >= 4 is 11.8 Å². The summed E-state index contributed by atoms with van der Waals surface area (Å²) in [5, 5.41) is 0. The average Bonchev–Trinajstić information content (AvgIpc) is 3.93. The van der Waals surface area contributed by atoms with E-state index in [4.69, 9.17) is 19.4 Å². The summed E-state index contributed by atoms with van der Waals surface area (Å²) in [7, 11) is 2.11. The van der Waals surface area contributed by atoms with E-state index >= 15 is 0 Å². The fourth-order valence-electron chi connectivity index (χ4n) is 10.8. The first-order valence-corrected chi connectivity index (χ1v) is 28.1. The summed E-state index contributed by atoms with van der Waals surface area (Å²) in [6.07, 6.45) is 29.5. The van der Waals surface area contributed by atoms with Crippen molar-refractivity contribution in [2.75, 3.05) is 18.6 Å². The first kappa shape index (κ1) is 53.0. The number of hydrogen-bond donors (Lipinski definition) is 0. The number of rotatable bonds is 20. The third kappa shape index (κ3) is 12.1. The van der Waals surface area contributed by atoms with Gasteiger partial charge in [-0.2, -0.15) is 0 Å². The maximum absolute atomic E-state index is 7.58. The lowest BCUT2D eigenvalue weighted by atomic mass is 9.76. The van der Waals surface area contributed by atoms with Crippen LogP contribution in [0.1, 0.15) is 144 Å². The van der Waals surface area contributed by atoms with E-state index in [1.165, 1.54) is 82.6 Å². The summed E-state index contributed by atoms with van der Waals surface area (Å²) in [4.78, 5) is 30.9. The number of unbranched alkanes of at least 4 members (excludes halogenated alkanes) is 13. The minimum atomic E-state index is -0.892. The Morgan fingerprint density at radius 2 is 0.949 bits per heavy atom. The zero-order valence-corrected chi connectivity index (χ0v) is 45.6. The van der Waals surface area contributed by atoms with Gasteiger partial charge in [0.1, 0.15) is 11.5 Å². The van der Waals surface area contributed by atoms with Crippen molar-refractivity contribution in [2.45, 2.75) is 122 Å². The average molecular weight is 1030 g/mol. The fraction of sp³-hybridized carbons (Fsp3) is 0.304. The SMILES string of the molecule is CCCCCCCCCCCCCCCCOc1cc(C#Cc2cc(-c3ccccn3)nc(-c3ccccn3)c2)c2c(c1C#Cc1cc(-c3ccccn3)nc(-c3ccccn3)c1)C=CC1(O2)N(C)c2ccccc2C1(C)C. The van der Waals surface area contributed by atoms with E-state index < -0.39 is 11.1 Å². The Labute approximate surface area is 461 Å². The van der Waals surface area contributed by atoms with E-state index in [0.29, 0.717) is 46.4 Å².